The Hall–Kier alpha value is -1.70. The van der Waals surface area contributed by atoms with Crippen molar-refractivity contribution in [2.45, 2.75) is 56.8 Å². The van der Waals surface area contributed by atoms with Gasteiger partial charge in [-0.05, 0) is 32.3 Å². The number of H-pyrrole nitrogens is 1. The summed E-state index contributed by atoms with van der Waals surface area (Å²) in [6.07, 6.45) is 3.74. The fraction of sp³-hybridized carbons (Fsp3) is 0.625. The molecule has 124 valence electrons. The minimum atomic E-state index is -0.729. The van der Waals surface area contributed by atoms with Gasteiger partial charge in [0, 0.05) is 18.2 Å². The molecule has 1 aliphatic heterocycles. The molecule has 0 amide bonds. The van der Waals surface area contributed by atoms with Crippen LogP contribution in [-0.2, 0) is 9.47 Å². The van der Waals surface area contributed by atoms with E-state index in [4.69, 9.17) is 9.47 Å². The van der Waals surface area contributed by atoms with Crippen molar-refractivity contribution >= 4 is 0 Å². The van der Waals surface area contributed by atoms with Crippen molar-refractivity contribution < 1.29 is 14.6 Å². The summed E-state index contributed by atoms with van der Waals surface area (Å²) in [5.41, 5.74) is 0.173. The van der Waals surface area contributed by atoms with E-state index in [1.807, 2.05) is 19.9 Å². The molecule has 2 heterocycles. The first-order chi connectivity index (χ1) is 10.9. The van der Waals surface area contributed by atoms with E-state index in [2.05, 4.69) is 4.98 Å². The lowest BCUT2D eigenvalue weighted by molar-refractivity contribution is -0.157. The standard InChI is InChI=1S/C16H20N2O5/c1-16(2)22-13-10-7-8(19)3-4-9(10)12(14(13)23-16)18-6-5-11(20)17-15(18)21/h4-6,8,10,12-14,19H,3,7H2,1-2H3,(H,17,20,21)/t8-,10-,12+,13+,14-/m0/s1. The van der Waals surface area contributed by atoms with Gasteiger partial charge in [-0.2, -0.15) is 0 Å². The molecule has 0 bridgehead atoms. The Morgan fingerprint density at radius 1 is 1.30 bits per heavy atom. The van der Waals surface area contributed by atoms with E-state index in [1.165, 1.54) is 16.8 Å². The van der Waals surface area contributed by atoms with Crippen LogP contribution in [0.25, 0.3) is 0 Å². The van der Waals surface area contributed by atoms with Crippen LogP contribution in [0.2, 0.25) is 0 Å². The number of nitrogens with zero attached hydrogens (tertiary/aromatic N) is 1. The zero-order chi connectivity index (χ0) is 16.4. The number of nitrogens with one attached hydrogen (secondary N) is 1. The number of aliphatic hydroxyl groups excluding tert-OH is 1. The van der Waals surface area contributed by atoms with Crippen molar-refractivity contribution in [3.63, 3.8) is 0 Å². The van der Waals surface area contributed by atoms with Crippen molar-refractivity contribution in [1.29, 1.82) is 0 Å². The predicted octanol–water partition coefficient (Wildman–Crippen LogP) is 0.309. The van der Waals surface area contributed by atoms with Gasteiger partial charge in [-0.3, -0.25) is 14.3 Å². The summed E-state index contributed by atoms with van der Waals surface area (Å²) < 4.78 is 13.6. The van der Waals surface area contributed by atoms with Crippen molar-refractivity contribution in [3.8, 4) is 0 Å². The maximum absolute atomic E-state index is 12.3. The average molecular weight is 320 g/mol. The van der Waals surface area contributed by atoms with Crippen LogP contribution in [0.1, 0.15) is 32.7 Å². The van der Waals surface area contributed by atoms with Crippen molar-refractivity contribution in [1.82, 2.24) is 9.55 Å². The van der Waals surface area contributed by atoms with E-state index in [9.17, 15) is 14.7 Å². The Labute approximate surface area is 132 Å². The quantitative estimate of drug-likeness (QED) is 0.726. The summed E-state index contributed by atoms with van der Waals surface area (Å²) >= 11 is 0. The van der Waals surface area contributed by atoms with Crippen LogP contribution in [0.4, 0.5) is 0 Å². The number of ether oxygens (including phenoxy) is 2. The first-order valence-electron chi connectivity index (χ1n) is 7.91. The van der Waals surface area contributed by atoms with Crippen LogP contribution in [0.3, 0.4) is 0 Å². The second-order valence-corrected chi connectivity index (χ2v) is 6.96. The van der Waals surface area contributed by atoms with Gasteiger partial charge in [-0.1, -0.05) is 6.08 Å². The maximum Gasteiger partial charge on any atom is 0.328 e. The van der Waals surface area contributed by atoms with Gasteiger partial charge in [-0.25, -0.2) is 4.79 Å². The summed E-state index contributed by atoms with van der Waals surface area (Å²) in [6, 6.07) is 1.02. The molecule has 1 saturated carbocycles. The van der Waals surface area contributed by atoms with Crippen molar-refractivity contribution in [3.05, 3.63) is 44.8 Å². The number of aromatic nitrogens is 2. The van der Waals surface area contributed by atoms with E-state index >= 15 is 0 Å². The first-order valence-corrected chi connectivity index (χ1v) is 7.91. The van der Waals surface area contributed by atoms with Crippen LogP contribution in [0, 0.1) is 5.92 Å². The topological polar surface area (TPSA) is 93.5 Å². The molecule has 23 heavy (non-hydrogen) atoms. The van der Waals surface area contributed by atoms with E-state index < -0.39 is 23.1 Å². The highest BCUT2D eigenvalue weighted by Gasteiger charge is 2.57. The number of hydrogen-bond donors (Lipinski definition) is 2. The van der Waals surface area contributed by atoms with Gasteiger partial charge in [0.15, 0.2) is 5.79 Å². The number of fused-ring (bicyclic) bond motifs is 3. The summed E-state index contributed by atoms with van der Waals surface area (Å²) in [5, 5.41) is 10.00. The third-order valence-corrected chi connectivity index (χ3v) is 4.94. The molecule has 0 spiro atoms. The molecule has 1 saturated heterocycles. The first kappa shape index (κ1) is 14.9. The molecular weight excluding hydrogens is 300 g/mol. The Balaban J connectivity index is 1.83. The SMILES string of the molecule is CC1(C)O[C@@H]2[C@H](O1)[C@H]1C[C@@H](O)CC=C1[C@H]2n1ccc(=O)[nH]c1=O. The smallest absolute Gasteiger partial charge is 0.328 e. The highest BCUT2D eigenvalue weighted by atomic mass is 16.8. The third kappa shape index (κ3) is 2.31. The molecule has 2 fully saturated rings. The van der Waals surface area contributed by atoms with Crippen LogP contribution in [-0.4, -0.2) is 38.8 Å². The Bertz CT molecular complexity index is 777. The average Bonchev–Trinajstić information content (AvgIpc) is 2.91. The van der Waals surface area contributed by atoms with Gasteiger partial charge in [-0.15, -0.1) is 0 Å². The second kappa shape index (κ2) is 4.90. The van der Waals surface area contributed by atoms with E-state index in [-0.39, 0.29) is 24.2 Å². The number of rotatable bonds is 1. The number of hydrogen-bond acceptors (Lipinski definition) is 5. The normalized spacial score (nSPS) is 38.0. The van der Waals surface area contributed by atoms with Gasteiger partial charge >= 0.3 is 5.69 Å². The lowest BCUT2D eigenvalue weighted by Gasteiger charge is -2.30. The van der Waals surface area contributed by atoms with Gasteiger partial charge in [0.05, 0.1) is 18.2 Å². The van der Waals surface area contributed by atoms with Crippen LogP contribution < -0.4 is 11.2 Å². The van der Waals surface area contributed by atoms with Crippen molar-refractivity contribution in [2.24, 2.45) is 5.92 Å². The second-order valence-electron chi connectivity index (χ2n) is 6.96. The van der Waals surface area contributed by atoms with E-state index in [0.717, 1.165) is 5.57 Å². The van der Waals surface area contributed by atoms with Crippen LogP contribution in [0.5, 0.6) is 0 Å². The lowest BCUT2D eigenvalue weighted by Crippen LogP contribution is -2.37. The van der Waals surface area contributed by atoms with Crippen LogP contribution >= 0.6 is 0 Å². The molecule has 5 atom stereocenters. The highest BCUT2D eigenvalue weighted by molar-refractivity contribution is 5.29. The molecule has 7 heteroatoms. The molecule has 0 unspecified atom stereocenters. The molecule has 3 aliphatic rings. The zero-order valence-electron chi connectivity index (χ0n) is 13.1. The predicted molar refractivity (Wildman–Crippen MR) is 81.0 cm³/mol. The van der Waals surface area contributed by atoms with Gasteiger partial charge in [0.25, 0.3) is 5.56 Å². The summed E-state index contributed by atoms with van der Waals surface area (Å²) in [6.45, 7) is 3.70. The summed E-state index contributed by atoms with van der Waals surface area (Å²) in [4.78, 5) is 25.9. The molecule has 7 nitrogen and oxygen atoms in total. The fourth-order valence-electron chi connectivity index (χ4n) is 4.14. The Morgan fingerprint density at radius 3 is 2.78 bits per heavy atom. The monoisotopic (exact) mass is 320 g/mol. The zero-order valence-corrected chi connectivity index (χ0v) is 13.1. The number of aromatic amines is 1. The molecule has 2 N–H and O–H groups in total. The molecule has 4 rings (SSSR count). The van der Waals surface area contributed by atoms with E-state index in [1.54, 1.807) is 0 Å². The van der Waals surface area contributed by atoms with Crippen LogP contribution in [0.15, 0.2) is 33.5 Å². The molecule has 0 aromatic carbocycles. The molecule has 0 radical (unpaired) electrons. The minimum Gasteiger partial charge on any atom is -0.393 e. The Kier molecular flexibility index (Phi) is 3.16. The molecular formula is C16H20N2O5. The summed E-state index contributed by atoms with van der Waals surface area (Å²) in [5.74, 6) is -0.706. The molecule has 1 aromatic heterocycles. The maximum atomic E-state index is 12.3. The minimum absolute atomic E-state index is 0.0225. The van der Waals surface area contributed by atoms with Gasteiger partial charge in [0.1, 0.15) is 6.10 Å². The largest absolute Gasteiger partial charge is 0.393 e. The third-order valence-electron chi connectivity index (χ3n) is 4.94. The lowest BCUT2D eigenvalue weighted by atomic mass is 9.86. The summed E-state index contributed by atoms with van der Waals surface area (Å²) in [7, 11) is 0. The highest BCUT2D eigenvalue weighted by Crippen LogP contribution is 2.52. The van der Waals surface area contributed by atoms with Crippen molar-refractivity contribution in [2.75, 3.05) is 0 Å². The molecule has 2 aliphatic carbocycles. The molecule has 1 aromatic rings. The number of aliphatic hydroxyl groups is 1. The van der Waals surface area contributed by atoms with E-state index in [0.29, 0.717) is 12.8 Å². The van der Waals surface area contributed by atoms with Gasteiger partial charge < -0.3 is 14.6 Å². The fourth-order valence-corrected chi connectivity index (χ4v) is 4.14. The van der Waals surface area contributed by atoms with Gasteiger partial charge in [0.2, 0.25) is 0 Å². The Morgan fingerprint density at radius 2 is 2.04 bits per heavy atom.